The number of hydrogen-bond acceptors (Lipinski definition) is 2. The summed E-state index contributed by atoms with van der Waals surface area (Å²) in [5.41, 5.74) is 3.67. The number of carbonyl (C=O) groups is 1. The molecule has 0 aromatic heterocycles. The first kappa shape index (κ1) is 17.5. The quantitative estimate of drug-likeness (QED) is 0.658. The number of carbonyl (C=O) groups excluding carboxylic acids is 1. The smallest absolute Gasteiger partial charge is 0.228 e. The van der Waals surface area contributed by atoms with Gasteiger partial charge in [0, 0.05) is 6.54 Å². The van der Waals surface area contributed by atoms with Gasteiger partial charge in [-0.05, 0) is 29.2 Å². The van der Waals surface area contributed by atoms with Gasteiger partial charge in [0.2, 0.25) is 5.91 Å². The lowest BCUT2D eigenvalue weighted by Crippen LogP contribution is -2.58. The largest absolute Gasteiger partial charge is 0.365 e. The Balaban J connectivity index is 1.75. The van der Waals surface area contributed by atoms with E-state index in [1.807, 2.05) is 67.6 Å². The third-order valence-electron chi connectivity index (χ3n) is 5.39. The lowest BCUT2D eigenvalue weighted by Gasteiger charge is -2.43. The van der Waals surface area contributed by atoms with E-state index in [1.165, 1.54) is 0 Å². The molecule has 3 heteroatoms. The molecule has 27 heavy (non-hydrogen) atoms. The highest BCUT2D eigenvalue weighted by molar-refractivity contribution is 5.86. The van der Waals surface area contributed by atoms with E-state index in [2.05, 4.69) is 29.6 Å². The summed E-state index contributed by atoms with van der Waals surface area (Å²) in [5, 5.41) is 2.87. The van der Waals surface area contributed by atoms with Crippen molar-refractivity contribution in [3.8, 4) is 11.1 Å². The zero-order chi connectivity index (χ0) is 18.7. The van der Waals surface area contributed by atoms with Crippen LogP contribution in [0.4, 0.5) is 0 Å². The van der Waals surface area contributed by atoms with Crippen LogP contribution in [0.25, 0.3) is 11.1 Å². The Kier molecular flexibility index (Phi) is 4.78. The molecule has 3 nitrogen and oxygen atoms in total. The molecule has 1 fully saturated rings. The van der Waals surface area contributed by atoms with E-state index < -0.39 is 5.60 Å². The van der Waals surface area contributed by atoms with Crippen LogP contribution < -0.4 is 5.32 Å². The van der Waals surface area contributed by atoms with Crippen LogP contribution in [0, 0.1) is 5.92 Å². The van der Waals surface area contributed by atoms with Crippen LogP contribution in [-0.2, 0) is 21.7 Å². The molecule has 136 valence electrons. The number of nitrogens with one attached hydrogen (secondary N) is 1. The summed E-state index contributed by atoms with van der Waals surface area (Å²) in [4.78, 5) is 12.3. The average Bonchev–Trinajstić information content (AvgIpc) is 2.72. The standard InChI is InChI=1S/C24H23NO2/c1-24(22-16-25-23(22)26,27-17-18-10-4-2-5-11-18)21-15-9-8-14-20(21)19-12-6-3-7-13-19/h2-15,22H,16-17H2,1H3,(H,25,26)/t22-,24-/m1/s1. The van der Waals surface area contributed by atoms with Gasteiger partial charge >= 0.3 is 0 Å². The summed E-state index contributed by atoms with van der Waals surface area (Å²) < 4.78 is 6.48. The number of ether oxygens (including phenoxy) is 1. The van der Waals surface area contributed by atoms with Crippen molar-refractivity contribution < 1.29 is 9.53 Å². The molecule has 1 N–H and O–H groups in total. The van der Waals surface area contributed by atoms with Crippen LogP contribution in [-0.4, -0.2) is 12.5 Å². The summed E-state index contributed by atoms with van der Waals surface area (Å²) >= 11 is 0. The highest BCUT2D eigenvalue weighted by Gasteiger charge is 2.47. The minimum absolute atomic E-state index is 0.0495. The fraction of sp³-hybridized carbons (Fsp3) is 0.208. The Morgan fingerprint density at radius 1 is 0.926 bits per heavy atom. The minimum Gasteiger partial charge on any atom is -0.365 e. The number of amides is 1. The van der Waals surface area contributed by atoms with Crippen molar-refractivity contribution >= 4 is 5.91 Å². The molecular formula is C24H23NO2. The third kappa shape index (κ3) is 3.38. The Morgan fingerprint density at radius 3 is 2.19 bits per heavy atom. The Morgan fingerprint density at radius 2 is 1.56 bits per heavy atom. The monoisotopic (exact) mass is 357 g/mol. The summed E-state index contributed by atoms with van der Waals surface area (Å²) in [6, 6.07) is 28.6. The predicted molar refractivity (Wildman–Crippen MR) is 107 cm³/mol. The van der Waals surface area contributed by atoms with E-state index in [4.69, 9.17) is 4.74 Å². The highest BCUT2D eigenvalue weighted by atomic mass is 16.5. The van der Waals surface area contributed by atoms with Crippen LogP contribution in [0.1, 0.15) is 18.1 Å². The number of rotatable bonds is 6. The maximum atomic E-state index is 12.3. The van der Waals surface area contributed by atoms with E-state index in [1.54, 1.807) is 0 Å². The maximum Gasteiger partial charge on any atom is 0.228 e. The molecule has 0 radical (unpaired) electrons. The third-order valence-corrected chi connectivity index (χ3v) is 5.39. The zero-order valence-corrected chi connectivity index (χ0v) is 15.4. The molecule has 0 aliphatic carbocycles. The fourth-order valence-electron chi connectivity index (χ4n) is 3.69. The molecule has 3 aromatic rings. The molecule has 0 unspecified atom stereocenters. The van der Waals surface area contributed by atoms with Gasteiger partial charge in [0.15, 0.2) is 0 Å². The molecule has 1 heterocycles. The SMILES string of the molecule is C[C@@](OCc1ccccc1)(c1ccccc1-c1ccccc1)[C@@H]1CNC1=O. The first-order valence-corrected chi connectivity index (χ1v) is 9.29. The fourth-order valence-corrected chi connectivity index (χ4v) is 3.69. The second-order valence-corrected chi connectivity index (χ2v) is 7.09. The minimum atomic E-state index is -0.704. The van der Waals surface area contributed by atoms with Crippen molar-refractivity contribution in [2.45, 2.75) is 19.1 Å². The summed E-state index contributed by atoms with van der Waals surface area (Å²) in [6.45, 7) is 3.14. The van der Waals surface area contributed by atoms with Crippen molar-refractivity contribution in [1.29, 1.82) is 0 Å². The molecule has 1 saturated heterocycles. The van der Waals surface area contributed by atoms with Gasteiger partial charge in [-0.1, -0.05) is 84.9 Å². The van der Waals surface area contributed by atoms with Crippen LogP contribution in [0.15, 0.2) is 84.9 Å². The zero-order valence-electron chi connectivity index (χ0n) is 15.4. The van der Waals surface area contributed by atoms with Crippen LogP contribution in [0.5, 0.6) is 0 Å². The second kappa shape index (κ2) is 7.37. The second-order valence-electron chi connectivity index (χ2n) is 7.09. The van der Waals surface area contributed by atoms with Gasteiger partial charge in [-0.25, -0.2) is 0 Å². The van der Waals surface area contributed by atoms with Gasteiger partial charge in [0.05, 0.1) is 12.5 Å². The van der Waals surface area contributed by atoms with Gasteiger partial charge < -0.3 is 10.1 Å². The summed E-state index contributed by atoms with van der Waals surface area (Å²) in [6.07, 6.45) is 0. The molecule has 2 atom stereocenters. The predicted octanol–water partition coefficient (Wildman–Crippen LogP) is 4.53. The molecule has 4 rings (SSSR count). The highest BCUT2D eigenvalue weighted by Crippen LogP contribution is 2.42. The molecule has 1 aliphatic heterocycles. The lowest BCUT2D eigenvalue weighted by molar-refractivity contribution is -0.154. The van der Waals surface area contributed by atoms with Crippen molar-refractivity contribution in [2.75, 3.05) is 6.54 Å². The first-order valence-electron chi connectivity index (χ1n) is 9.29. The molecular weight excluding hydrogens is 334 g/mol. The molecule has 3 aromatic carbocycles. The number of benzene rings is 3. The Labute approximate surface area is 160 Å². The van der Waals surface area contributed by atoms with Crippen molar-refractivity contribution in [1.82, 2.24) is 5.32 Å². The molecule has 0 spiro atoms. The maximum absolute atomic E-state index is 12.3. The van der Waals surface area contributed by atoms with Crippen molar-refractivity contribution in [2.24, 2.45) is 5.92 Å². The Bertz CT molecular complexity index is 923. The van der Waals surface area contributed by atoms with Gasteiger partial charge in [-0.15, -0.1) is 0 Å². The van der Waals surface area contributed by atoms with Gasteiger partial charge in [0.25, 0.3) is 0 Å². The van der Waals surface area contributed by atoms with E-state index in [0.717, 1.165) is 22.3 Å². The Hall–Kier alpha value is -2.91. The van der Waals surface area contributed by atoms with E-state index in [-0.39, 0.29) is 11.8 Å². The van der Waals surface area contributed by atoms with E-state index >= 15 is 0 Å². The van der Waals surface area contributed by atoms with Gasteiger partial charge in [-0.3, -0.25) is 4.79 Å². The van der Waals surface area contributed by atoms with Crippen molar-refractivity contribution in [3.05, 3.63) is 96.1 Å². The molecule has 0 bridgehead atoms. The topological polar surface area (TPSA) is 38.3 Å². The van der Waals surface area contributed by atoms with Crippen LogP contribution in [0.3, 0.4) is 0 Å². The molecule has 1 amide bonds. The van der Waals surface area contributed by atoms with Crippen LogP contribution >= 0.6 is 0 Å². The van der Waals surface area contributed by atoms with Gasteiger partial charge in [0.1, 0.15) is 5.60 Å². The molecule has 1 aliphatic rings. The van der Waals surface area contributed by atoms with Crippen LogP contribution in [0.2, 0.25) is 0 Å². The summed E-state index contributed by atoms with van der Waals surface area (Å²) in [5.74, 6) is -0.153. The van der Waals surface area contributed by atoms with Gasteiger partial charge in [-0.2, -0.15) is 0 Å². The molecule has 0 saturated carbocycles. The lowest BCUT2D eigenvalue weighted by atomic mass is 9.75. The number of β-lactam (4-membered cyclic amide) rings is 1. The average molecular weight is 357 g/mol. The van der Waals surface area contributed by atoms with E-state index in [0.29, 0.717) is 13.2 Å². The summed E-state index contributed by atoms with van der Waals surface area (Å²) in [7, 11) is 0. The van der Waals surface area contributed by atoms with E-state index in [9.17, 15) is 4.79 Å². The normalized spacial score (nSPS) is 18.3. The first-order chi connectivity index (χ1) is 13.2. The van der Waals surface area contributed by atoms with Crippen molar-refractivity contribution in [3.63, 3.8) is 0 Å². The number of hydrogen-bond donors (Lipinski definition) is 1.